The van der Waals surface area contributed by atoms with Gasteiger partial charge in [0.05, 0.1) is 19.3 Å². The van der Waals surface area contributed by atoms with Crippen LogP contribution in [0.1, 0.15) is 61.8 Å². The average Bonchev–Trinajstić information content (AvgIpc) is 2.85. The van der Waals surface area contributed by atoms with Crippen molar-refractivity contribution >= 4 is 0 Å². The van der Waals surface area contributed by atoms with E-state index in [1.807, 2.05) is 13.0 Å². The first kappa shape index (κ1) is 25.2. The highest BCUT2D eigenvalue weighted by Crippen LogP contribution is 2.40. The lowest BCUT2D eigenvalue weighted by Crippen LogP contribution is -2.21. The van der Waals surface area contributed by atoms with Crippen LogP contribution in [0.5, 0.6) is 5.75 Å². The summed E-state index contributed by atoms with van der Waals surface area (Å²) in [6.07, 6.45) is 2.15. The standard InChI is InChI=1S/C28H27F5O2/c1-3-5-16-6-8-21(22(29)14-16)23-12-7-17(15-35-23)18-9-10-19(26(31)25(18)30)20-11-13-24(34-4-2)28(33)27(20)32/h6,8-11,13-14,17,23H,3-5,7,12,15H2,1-2H3. The van der Waals surface area contributed by atoms with E-state index in [9.17, 15) is 17.6 Å². The van der Waals surface area contributed by atoms with Gasteiger partial charge in [-0.3, -0.25) is 0 Å². The number of halogens is 5. The molecule has 2 unspecified atom stereocenters. The molecule has 3 aromatic rings. The minimum atomic E-state index is -1.31. The monoisotopic (exact) mass is 490 g/mol. The van der Waals surface area contributed by atoms with Crippen molar-refractivity contribution in [1.82, 2.24) is 0 Å². The van der Waals surface area contributed by atoms with Gasteiger partial charge in [-0.2, -0.15) is 4.39 Å². The Kier molecular flexibility index (Phi) is 7.75. The fourth-order valence-electron chi connectivity index (χ4n) is 4.61. The van der Waals surface area contributed by atoms with Gasteiger partial charge in [0.1, 0.15) is 5.82 Å². The molecule has 0 amide bonds. The summed E-state index contributed by atoms with van der Waals surface area (Å²) in [5, 5.41) is 0. The summed E-state index contributed by atoms with van der Waals surface area (Å²) in [7, 11) is 0. The van der Waals surface area contributed by atoms with Gasteiger partial charge in [0.25, 0.3) is 0 Å². The first-order chi connectivity index (χ1) is 16.8. The van der Waals surface area contributed by atoms with Crippen molar-refractivity contribution in [1.29, 1.82) is 0 Å². The Labute approximate surface area is 201 Å². The zero-order valence-electron chi connectivity index (χ0n) is 19.6. The summed E-state index contributed by atoms with van der Waals surface area (Å²) in [6, 6.07) is 10.1. The SMILES string of the molecule is CCCc1ccc(C2CCC(c3ccc(-c4ccc(OCC)c(F)c4F)c(F)c3F)CO2)c(F)c1. The molecule has 1 heterocycles. The molecular formula is C28H27F5O2. The summed E-state index contributed by atoms with van der Waals surface area (Å²) in [6.45, 7) is 3.87. The van der Waals surface area contributed by atoms with Crippen LogP contribution in [0.2, 0.25) is 0 Å². The molecule has 4 rings (SSSR count). The maximum atomic E-state index is 15.0. The summed E-state index contributed by atoms with van der Waals surface area (Å²) in [5.74, 6) is -6.02. The number of benzene rings is 3. The van der Waals surface area contributed by atoms with E-state index in [0.29, 0.717) is 18.4 Å². The predicted molar refractivity (Wildman–Crippen MR) is 124 cm³/mol. The van der Waals surface area contributed by atoms with Gasteiger partial charge >= 0.3 is 0 Å². The number of aryl methyl sites for hydroxylation is 1. The van der Waals surface area contributed by atoms with Crippen LogP contribution in [0.4, 0.5) is 22.0 Å². The lowest BCUT2D eigenvalue weighted by atomic mass is 9.87. The van der Waals surface area contributed by atoms with E-state index in [0.717, 1.165) is 24.5 Å². The minimum Gasteiger partial charge on any atom is -0.491 e. The Hall–Kier alpha value is -2.93. The summed E-state index contributed by atoms with van der Waals surface area (Å²) in [5.41, 5.74) is 0.697. The summed E-state index contributed by atoms with van der Waals surface area (Å²) >= 11 is 0. The average molecular weight is 491 g/mol. The molecule has 2 atom stereocenters. The second-order valence-corrected chi connectivity index (χ2v) is 8.70. The van der Waals surface area contributed by atoms with Crippen molar-refractivity contribution in [3.8, 4) is 16.9 Å². The molecule has 0 aliphatic carbocycles. The predicted octanol–water partition coefficient (Wildman–Crippen LogP) is 8.04. The van der Waals surface area contributed by atoms with Crippen LogP contribution in [0.15, 0.2) is 42.5 Å². The van der Waals surface area contributed by atoms with E-state index in [-0.39, 0.29) is 35.9 Å². The van der Waals surface area contributed by atoms with Crippen molar-refractivity contribution < 1.29 is 31.4 Å². The third-order valence-electron chi connectivity index (χ3n) is 6.42. The van der Waals surface area contributed by atoms with Crippen molar-refractivity contribution in [3.63, 3.8) is 0 Å². The van der Waals surface area contributed by atoms with Gasteiger partial charge in [0, 0.05) is 22.6 Å². The van der Waals surface area contributed by atoms with Crippen LogP contribution in [0, 0.1) is 29.1 Å². The summed E-state index contributed by atoms with van der Waals surface area (Å²) in [4.78, 5) is 0. The van der Waals surface area contributed by atoms with Crippen LogP contribution in [-0.2, 0) is 11.2 Å². The normalized spacial score (nSPS) is 18.0. The maximum absolute atomic E-state index is 15.0. The van der Waals surface area contributed by atoms with E-state index < -0.39 is 40.9 Å². The van der Waals surface area contributed by atoms with Crippen LogP contribution in [-0.4, -0.2) is 13.2 Å². The lowest BCUT2D eigenvalue weighted by molar-refractivity contribution is -0.000315. The molecule has 0 N–H and O–H groups in total. The van der Waals surface area contributed by atoms with Crippen LogP contribution < -0.4 is 4.74 Å². The molecule has 1 saturated heterocycles. The smallest absolute Gasteiger partial charge is 0.201 e. The van der Waals surface area contributed by atoms with E-state index in [4.69, 9.17) is 9.47 Å². The number of rotatable bonds is 7. The largest absolute Gasteiger partial charge is 0.491 e. The Balaban J connectivity index is 1.52. The molecule has 186 valence electrons. The Morgan fingerprint density at radius 1 is 0.800 bits per heavy atom. The molecule has 3 aromatic carbocycles. The van der Waals surface area contributed by atoms with E-state index >= 15 is 4.39 Å². The van der Waals surface area contributed by atoms with E-state index in [1.165, 1.54) is 24.3 Å². The van der Waals surface area contributed by atoms with Crippen LogP contribution in [0.3, 0.4) is 0 Å². The van der Waals surface area contributed by atoms with Gasteiger partial charge in [0.2, 0.25) is 5.82 Å². The van der Waals surface area contributed by atoms with Crippen LogP contribution in [0.25, 0.3) is 11.1 Å². The lowest BCUT2D eigenvalue weighted by Gasteiger charge is -2.30. The Morgan fingerprint density at radius 3 is 2.11 bits per heavy atom. The molecule has 1 aliphatic heterocycles. The molecule has 7 heteroatoms. The molecule has 1 fully saturated rings. The first-order valence-electron chi connectivity index (χ1n) is 11.8. The molecule has 2 nitrogen and oxygen atoms in total. The number of hydrogen-bond acceptors (Lipinski definition) is 2. The van der Waals surface area contributed by atoms with Crippen molar-refractivity contribution in [2.45, 2.75) is 51.6 Å². The third-order valence-corrected chi connectivity index (χ3v) is 6.42. The number of hydrogen-bond donors (Lipinski definition) is 0. The summed E-state index contributed by atoms with van der Waals surface area (Å²) < 4.78 is 84.2. The molecule has 0 bridgehead atoms. The molecule has 0 saturated carbocycles. The fraction of sp³-hybridized carbons (Fsp3) is 0.357. The van der Waals surface area contributed by atoms with Gasteiger partial charge in [-0.05, 0) is 55.5 Å². The van der Waals surface area contributed by atoms with Gasteiger partial charge in [-0.25, -0.2) is 17.6 Å². The van der Waals surface area contributed by atoms with Gasteiger partial charge in [-0.1, -0.05) is 37.6 Å². The second kappa shape index (κ2) is 10.8. The van der Waals surface area contributed by atoms with Crippen molar-refractivity contribution in [3.05, 3.63) is 88.2 Å². The minimum absolute atomic E-state index is 0.0859. The van der Waals surface area contributed by atoms with Gasteiger partial charge in [-0.15, -0.1) is 0 Å². The zero-order chi connectivity index (χ0) is 25.1. The molecule has 0 spiro atoms. The van der Waals surface area contributed by atoms with E-state index in [1.54, 1.807) is 13.0 Å². The maximum Gasteiger partial charge on any atom is 0.201 e. The number of ether oxygens (including phenoxy) is 2. The molecule has 0 aromatic heterocycles. The Morgan fingerprint density at radius 2 is 1.49 bits per heavy atom. The highest BCUT2D eigenvalue weighted by molar-refractivity contribution is 5.66. The molecule has 35 heavy (non-hydrogen) atoms. The molecule has 0 radical (unpaired) electrons. The molecular weight excluding hydrogens is 463 g/mol. The third kappa shape index (κ3) is 5.06. The molecule has 1 aliphatic rings. The Bertz CT molecular complexity index is 1200. The quantitative estimate of drug-likeness (QED) is 0.312. The zero-order valence-corrected chi connectivity index (χ0v) is 19.6. The first-order valence-corrected chi connectivity index (χ1v) is 11.8. The second-order valence-electron chi connectivity index (χ2n) is 8.70. The van der Waals surface area contributed by atoms with Gasteiger partial charge < -0.3 is 9.47 Å². The fourth-order valence-corrected chi connectivity index (χ4v) is 4.61. The van der Waals surface area contributed by atoms with Crippen LogP contribution >= 0.6 is 0 Å². The topological polar surface area (TPSA) is 18.5 Å². The highest BCUT2D eigenvalue weighted by Gasteiger charge is 2.30. The van der Waals surface area contributed by atoms with Crippen molar-refractivity contribution in [2.75, 3.05) is 13.2 Å². The van der Waals surface area contributed by atoms with Crippen molar-refractivity contribution in [2.24, 2.45) is 0 Å². The van der Waals surface area contributed by atoms with E-state index in [2.05, 4.69) is 0 Å². The highest BCUT2D eigenvalue weighted by atomic mass is 19.2. The van der Waals surface area contributed by atoms with Gasteiger partial charge in [0.15, 0.2) is 23.2 Å².